The Balaban J connectivity index is 2.98. The van der Waals surface area contributed by atoms with Crippen molar-refractivity contribution in [2.24, 2.45) is 0 Å². The van der Waals surface area contributed by atoms with Gasteiger partial charge in [0.05, 0.1) is 21.5 Å². The molecule has 2 N–H and O–H groups in total. The van der Waals surface area contributed by atoms with E-state index in [-0.39, 0.29) is 5.69 Å². The van der Waals surface area contributed by atoms with Gasteiger partial charge in [0.25, 0.3) is 6.43 Å². The zero-order valence-corrected chi connectivity index (χ0v) is 10.1. The van der Waals surface area contributed by atoms with E-state index < -0.39 is 18.8 Å². The highest BCUT2D eigenvalue weighted by Gasteiger charge is 2.13. The molecule has 84 valence electrons. The van der Waals surface area contributed by atoms with E-state index in [1.165, 1.54) is 24.1 Å². The number of nitrogens with zero attached hydrogens (tertiary/aromatic N) is 1. The summed E-state index contributed by atoms with van der Waals surface area (Å²) in [4.78, 5) is 1.24. The van der Waals surface area contributed by atoms with Crippen molar-refractivity contribution in [3.05, 3.63) is 21.5 Å². The lowest BCUT2D eigenvalue weighted by Crippen LogP contribution is -2.25. The van der Waals surface area contributed by atoms with E-state index in [2.05, 4.69) is 0 Å². The second-order valence-electron chi connectivity index (χ2n) is 3.10. The fourth-order valence-corrected chi connectivity index (χ4v) is 1.68. The van der Waals surface area contributed by atoms with Gasteiger partial charge in [-0.2, -0.15) is 0 Å². The summed E-state index contributed by atoms with van der Waals surface area (Å²) in [5, 5.41) is 0. The topological polar surface area (TPSA) is 29.3 Å². The molecule has 0 bridgehead atoms. The first kappa shape index (κ1) is 12.4. The van der Waals surface area contributed by atoms with Crippen molar-refractivity contribution in [3.63, 3.8) is 0 Å². The van der Waals surface area contributed by atoms with E-state index in [9.17, 15) is 13.2 Å². The van der Waals surface area contributed by atoms with Crippen molar-refractivity contribution in [2.75, 3.05) is 24.2 Å². The molecular weight excluding hydrogens is 320 g/mol. The Morgan fingerprint density at radius 2 is 2.07 bits per heavy atom. The highest BCUT2D eigenvalue weighted by Crippen LogP contribution is 2.27. The van der Waals surface area contributed by atoms with Crippen molar-refractivity contribution in [3.8, 4) is 0 Å². The zero-order chi connectivity index (χ0) is 11.6. The normalized spacial score (nSPS) is 10.8. The van der Waals surface area contributed by atoms with Crippen LogP contribution in [-0.4, -0.2) is 20.0 Å². The standard InChI is InChI=1S/C9H10F3IN2/c1-15(4-9(11)12)8-2-5(10)6(13)3-7(8)14/h2-3,9H,4,14H2,1H3. The summed E-state index contributed by atoms with van der Waals surface area (Å²) < 4.78 is 37.8. The lowest BCUT2D eigenvalue weighted by molar-refractivity contribution is 0.156. The molecule has 0 spiro atoms. The second-order valence-corrected chi connectivity index (χ2v) is 4.26. The number of benzene rings is 1. The number of nitrogens with two attached hydrogens (primary N) is 1. The third-order valence-corrected chi connectivity index (χ3v) is 2.72. The van der Waals surface area contributed by atoms with Gasteiger partial charge in [-0.3, -0.25) is 0 Å². The minimum Gasteiger partial charge on any atom is -0.397 e. The van der Waals surface area contributed by atoms with E-state index in [1.807, 2.05) is 0 Å². The van der Waals surface area contributed by atoms with Crippen molar-refractivity contribution in [2.45, 2.75) is 6.43 Å². The van der Waals surface area contributed by atoms with Gasteiger partial charge in [0.2, 0.25) is 0 Å². The Kier molecular flexibility index (Phi) is 4.06. The number of nitrogen functional groups attached to an aromatic ring is 1. The molecule has 2 nitrogen and oxygen atoms in total. The van der Waals surface area contributed by atoms with Crippen LogP contribution in [0.25, 0.3) is 0 Å². The largest absolute Gasteiger partial charge is 0.397 e. The average molecular weight is 330 g/mol. The molecule has 0 atom stereocenters. The highest BCUT2D eigenvalue weighted by molar-refractivity contribution is 14.1. The lowest BCUT2D eigenvalue weighted by atomic mass is 10.2. The maximum absolute atomic E-state index is 13.2. The molecule has 0 radical (unpaired) electrons. The van der Waals surface area contributed by atoms with E-state index in [1.54, 1.807) is 22.6 Å². The summed E-state index contributed by atoms with van der Waals surface area (Å²) in [5.41, 5.74) is 6.19. The summed E-state index contributed by atoms with van der Waals surface area (Å²) >= 11 is 1.79. The third kappa shape index (κ3) is 3.15. The van der Waals surface area contributed by atoms with Crippen LogP contribution < -0.4 is 10.6 Å². The molecule has 0 aliphatic heterocycles. The number of halogens is 4. The van der Waals surface area contributed by atoms with Gasteiger partial charge in [0, 0.05) is 13.1 Å². The Labute approximate surface area is 99.4 Å². The van der Waals surface area contributed by atoms with Gasteiger partial charge in [-0.15, -0.1) is 0 Å². The SMILES string of the molecule is CN(CC(F)F)c1cc(F)c(I)cc1N. The van der Waals surface area contributed by atoms with Crippen LogP contribution >= 0.6 is 22.6 Å². The maximum Gasteiger partial charge on any atom is 0.255 e. The number of hydrogen-bond donors (Lipinski definition) is 1. The minimum absolute atomic E-state index is 0.285. The van der Waals surface area contributed by atoms with Gasteiger partial charge in [-0.25, -0.2) is 13.2 Å². The first-order valence-electron chi connectivity index (χ1n) is 4.15. The van der Waals surface area contributed by atoms with Crippen LogP contribution in [-0.2, 0) is 0 Å². The predicted octanol–water partition coefficient (Wildman–Crippen LogP) is 2.71. The first-order chi connectivity index (χ1) is 6.91. The van der Waals surface area contributed by atoms with Crippen molar-refractivity contribution >= 4 is 34.0 Å². The van der Waals surface area contributed by atoms with Crippen LogP contribution in [0.1, 0.15) is 0 Å². The van der Waals surface area contributed by atoms with Crippen LogP contribution in [0, 0.1) is 9.39 Å². The molecule has 0 saturated carbocycles. The fraction of sp³-hybridized carbons (Fsp3) is 0.333. The number of rotatable bonds is 3. The molecule has 1 aromatic rings. The van der Waals surface area contributed by atoms with Gasteiger partial charge < -0.3 is 10.6 Å². The van der Waals surface area contributed by atoms with Crippen LogP contribution in [0.4, 0.5) is 24.5 Å². The minimum atomic E-state index is -2.48. The molecule has 0 saturated heterocycles. The molecular formula is C9H10F3IN2. The second kappa shape index (κ2) is 4.91. The summed E-state index contributed by atoms with van der Waals surface area (Å²) in [6, 6.07) is 2.59. The van der Waals surface area contributed by atoms with Gasteiger partial charge in [-0.1, -0.05) is 0 Å². The van der Waals surface area contributed by atoms with Gasteiger partial charge in [-0.05, 0) is 28.7 Å². The van der Waals surface area contributed by atoms with Gasteiger partial charge in [0.1, 0.15) is 5.82 Å². The Bertz CT molecular complexity index is 357. The molecule has 1 aromatic carbocycles. The molecule has 6 heteroatoms. The van der Waals surface area contributed by atoms with Crippen molar-refractivity contribution in [1.82, 2.24) is 0 Å². The molecule has 1 rings (SSSR count). The number of anilines is 2. The molecule has 0 unspecified atom stereocenters. The lowest BCUT2D eigenvalue weighted by Gasteiger charge is -2.20. The molecule has 0 aliphatic carbocycles. The zero-order valence-electron chi connectivity index (χ0n) is 7.98. The van der Waals surface area contributed by atoms with Crippen molar-refractivity contribution < 1.29 is 13.2 Å². The van der Waals surface area contributed by atoms with Crippen LogP contribution in [0.2, 0.25) is 0 Å². The quantitative estimate of drug-likeness (QED) is 0.682. The first-order valence-corrected chi connectivity index (χ1v) is 5.23. The Morgan fingerprint density at radius 1 is 1.47 bits per heavy atom. The van der Waals surface area contributed by atoms with Crippen LogP contribution in [0.5, 0.6) is 0 Å². The van der Waals surface area contributed by atoms with E-state index in [4.69, 9.17) is 5.73 Å². The van der Waals surface area contributed by atoms with E-state index in [0.717, 1.165) is 0 Å². The van der Waals surface area contributed by atoms with E-state index >= 15 is 0 Å². The Hall–Kier alpha value is -0.660. The summed E-state index contributed by atoms with van der Waals surface area (Å²) in [6.45, 7) is -0.468. The monoisotopic (exact) mass is 330 g/mol. The molecule has 0 aliphatic rings. The van der Waals surface area contributed by atoms with Gasteiger partial charge in [0.15, 0.2) is 0 Å². The number of alkyl halides is 2. The maximum atomic E-state index is 13.2. The van der Waals surface area contributed by atoms with Crippen molar-refractivity contribution in [1.29, 1.82) is 0 Å². The molecule has 0 fully saturated rings. The highest BCUT2D eigenvalue weighted by atomic mass is 127. The van der Waals surface area contributed by atoms with Crippen LogP contribution in [0.3, 0.4) is 0 Å². The molecule has 0 aromatic heterocycles. The predicted molar refractivity (Wildman–Crippen MR) is 62.8 cm³/mol. The smallest absolute Gasteiger partial charge is 0.255 e. The third-order valence-electron chi connectivity index (χ3n) is 1.89. The summed E-state index contributed by atoms with van der Waals surface area (Å²) in [5.74, 6) is -0.457. The average Bonchev–Trinajstić information content (AvgIpc) is 2.09. The van der Waals surface area contributed by atoms with E-state index in [0.29, 0.717) is 9.26 Å². The fourth-order valence-electron chi connectivity index (χ4n) is 1.19. The molecule has 0 amide bonds. The van der Waals surface area contributed by atoms with Gasteiger partial charge >= 0.3 is 0 Å². The Morgan fingerprint density at radius 3 is 2.60 bits per heavy atom. The molecule has 0 heterocycles. The molecule has 15 heavy (non-hydrogen) atoms. The summed E-state index contributed by atoms with van der Waals surface area (Å²) in [6.07, 6.45) is -2.48. The van der Waals surface area contributed by atoms with Crippen LogP contribution in [0.15, 0.2) is 12.1 Å². The summed E-state index contributed by atoms with van der Waals surface area (Å²) in [7, 11) is 1.45. The number of hydrogen-bond acceptors (Lipinski definition) is 2.